The van der Waals surface area contributed by atoms with Crippen LogP contribution < -0.4 is 5.32 Å². The first kappa shape index (κ1) is 26.9. The topological polar surface area (TPSA) is 69.7 Å². The lowest BCUT2D eigenvalue weighted by molar-refractivity contribution is -0.141. The highest BCUT2D eigenvalue weighted by molar-refractivity contribution is 5.98. The van der Waals surface area contributed by atoms with Gasteiger partial charge in [-0.05, 0) is 75.6 Å². The van der Waals surface area contributed by atoms with Gasteiger partial charge in [-0.15, -0.1) is 0 Å². The molecule has 0 aromatic heterocycles. The number of aryl methyl sites for hydroxylation is 4. The summed E-state index contributed by atoms with van der Waals surface area (Å²) in [6.07, 6.45) is 5.34. The summed E-state index contributed by atoms with van der Waals surface area (Å²) >= 11 is 0. The SMILES string of the molecule is Cc1ccc(CCNC(=O)CCCN2C(=O)C3CCCCC3N(Cc3c(C)cc(C)cc3C)C2=O)cc1. The summed E-state index contributed by atoms with van der Waals surface area (Å²) in [4.78, 5) is 42.8. The number of hydrogen-bond donors (Lipinski definition) is 1. The Kier molecular flexibility index (Phi) is 8.67. The van der Waals surface area contributed by atoms with Crippen LogP contribution in [0.4, 0.5) is 4.79 Å². The minimum Gasteiger partial charge on any atom is -0.356 e. The van der Waals surface area contributed by atoms with Gasteiger partial charge >= 0.3 is 6.03 Å². The average Bonchev–Trinajstić information content (AvgIpc) is 2.86. The van der Waals surface area contributed by atoms with E-state index < -0.39 is 0 Å². The molecule has 37 heavy (non-hydrogen) atoms. The molecule has 6 nitrogen and oxygen atoms in total. The Morgan fingerprint density at radius 2 is 1.62 bits per heavy atom. The maximum Gasteiger partial charge on any atom is 0.327 e. The van der Waals surface area contributed by atoms with E-state index in [1.807, 2.05) is 4.90 Å². The molecule has 1 saturated heterocycles. The summed E-state index contributed by atoms with van der Waals surface area (Å²) < 4.78 is 0. The van der Waals surface area contributed by atoms with Gasteiger partial charge in [-0.1, -0.05) is 60.4 Å². The number of rotatable bonds is 9. The molecule has 2 atom stereocenters. The molecule has 2 aliphatic rings. The highest BCUT2D eigenvalue weighted by Crippen LogP contribution is 2.36. The molecule has 1 saturated carbocycles. The second-order valence-electron chi connectivity index (χ2n) is 10.9. The van der Waals surface area contributed by atoms with E-state index in [4.69, 9.17) is 0 Å². The fourth-order valence-corrected chi connectivity index (χ4v) is 5.97. The zero-order chi connectivity index (χ0) is 26.5. The summed E-state index contributed by atoms with van der Waals surface area (Å²) in [5.74, 6) is -0.230. The van der Waals surface area contributed by atoms with E-state index in [2.05, 4.69) is 69.4 Å². The maximum absolute atomic E-state index is 13.6. The minimum atomic E-state index is -0.202. The van der Waals surface area contributed by atoms with Gasteiger partial charge in [0.25, 0.3) is 0 Å². The summed E-state index contributed by atoms with van der Waals surface area (Å²) in [5.41, 5.74) is 7.17. The van der Waals surface area contributed by atoms with Gasteiger partial charge in [0, 0.05) is 32.1 Å². The first-order valence-electron chi connectivity index (χ1n) is 13.8. The molecular weight excluding hydrogens is 462 g/mol. The molecule has 0 radical (unpaired) electrons. The van der Waals surface area contributed by atoms with Crippen LogP contribution in [0.1, 0.15) is 71.9 Å². The van der Waals surface area contributed by atoms with Gasteiger partial charge in [-0.3, -0.25) is 14.5 Å². The van der Waals surface area contributed by atoms with Gasteiger partial charge in [0.05, 0.1) is 5.92 Å². The van der Waals surface area contributed by atoms with Crippen molar-refractivity contribution in [2.45, 2.75) is 85.2 Å². The zero-order valence-corrected chi connectivity index (χ0v) is 22.8. The molecule has 2 unspecified atom stereocenters. The van der Waals surface area contributed by atoms with Gasteiger partial charge in [-0.2, -0.15) is 0 Å². The number of hydrogen-bond acceptors (Lipinski definition) is 3. The molecule has 2 aromatic carbocycles. The molecule has 1 aliphatic heterocycles. The number of benzene rings is 2. The van der Waals surface area contributed by atoms with E-state index in [1.54, 1.807) is 0 Å². The Balaban J connectivity index is 1.36. The molecule has 1 heterocycles. The van der Waals surface area contributed by atoms with Crippen molar-refractivity contribution >= 4 is 17.8 Å². The third-order valence-corrected chi connectivity index (χ3v) is 8.00. The number of carbonyl (C=O) groups is 3. The number of amides is 4. The van der Waals surface area contributed by atoms with Crippen LogP contribution in [0.2, 0.25) is 0 Å². The van der Waals surface area contributed by atoms with E-state index in [-0.39, 0.29) is 36.3 Å². The van der Waals surface area contributed by atoms with E-state index in [9.17, 15) is 14.4 Å². The summed E-state index contributed by atoms with van der Waals surface area (Å²) in [6, 6.07) is 12.4. The predicted octanol–water partition coefficient (Wildman–Crippen LogP) is 5.38. The van der Waals surface area contributed by atoms with Crippen molar-refractivity contribution in [1.29, 1.82) is 0 Å². The fraction of sp³-hybridized carbons (Fsp3) is 0.516. The number of fused-ring (bicyclic) bond motifs is 1. The van der Waals surface area contributed by atoms with E-state index in [1.165, 1.54) is 38.3 Å². The van der Waals surface area contributed by atoms with Crippen molar-refractivity contribution < 1.29 is 14.4 Å². The lowest BCUT2D eigenvalue weighted by Gasteiger charge is -2.47. The molecule has 0 bridgehead atoms. The standard InChI is InChI=1S/C31H41N3O3/c1-21-11-13-25(14-12-21)15-16-32-29(35)10-7-17-33-30(36)26-8-5-6-9-28(26)34(31(33)37)20-27-23(3)18-22(2)19-24(27)4/h11-14,18-19,26,28H,5-10,15-17,20H2,1-4H3,(H,32,35). The average molecular weight is 504 g/mol. The van der Waals surface area contributed by atoms with Gasteiger partial charge < -0.3 is 10.2 Å². The maximum atomic E-state index is 13.6. The van der Waals surface area contributed by atoms with E-state index >= 15 is 0 Å². The van der Waals surface area contributed by atoms with Crippen molar-refractivity contribution in [3.8, 4) is 0 Å². The molecule has 198 valence electrons. The molecular formula is C31H41N3O3. The molecule has 2 fully saturated rings. The lowest BCUT2D eigenvalue weighted by atomic mass is 9.80. The number of imide groups is 1. The van der Waals surface area contributed by atoms with Crippen molar-refractivity contribution in [2.24, 2.45) is 5.92 Å². The van der Waals surface area contributed by atoms with E-state index in [0.717, 1.165) is 32.1 Å². The number of carbonyl (C=O) groups excluding carboxylic acids is 3. The second-order valence-corrected chi connectivity index (χ2v) is 10.9. The normalized spacial score (nSPS) is 19.7. The van der Waals surface area contributed by atoms with Crippen molar-refractivity contribution in [1.82, 2.24) is 15.1 Å². The largest absolute Gasteiger partial charge is 0.356 e. The Labute approximate surface area is 221 Å². The fourth-order valence-electron chi connectivity index (χ4n) is 5.97. The molecule has 2 aromatic rings. The molecule has 4 amide bonds. The van der Waals surface area contributed by atoms with Crippen LogP contribution in [-0.2, 0) is 22.6 Å². The quantitative estimate of drug-likeness (QED) is 0.499. The third-order valence-electron chi connectivity index (χ3n) is 8.00. The Hall–Kier alpha value is -3.15. The van der Waals surface area contributed by atoms with Crippen LogP contribution >= 0.6 is 0 Å². The van der Waals surface area contributed by atoms with Crippen LogP contribution in [-0.4, -0.2) is 46.8 Å². The Bertz CT molecular complexity index is 1120. The van der Waals surface area contributed by atoms with E-state index in [0.29, 0.717) is 25.9 Å². The van der Waals surface area contributed by atoms with Crippen LogP contribution in [0.3, 0.4) is 0 Å². The zero-order valence-electron chi connectivity index (χ0n) is 22.8. The minimum absolute atomic E-state index is 0.0322. The van der Waals surface area contributed by atoms with Crippen LogP contribution in [0.5, 0.6) is 0 Å². The smallest absolute Gasteiger partial charge is 0.327 e. The summed E-state index contributed by atoms with van der Waals surface area (Å²) in [7, 11) is 0. The van der Waals surface area contributed by atoms with Gasteiger partial charge in [0.1, 0.15) is 0 Å². The first-order valence-corrected chi connectivity index (χ1v) is 13.8. The van der Waals surface area contributed by atoms with Crippen molar-refractivity contribution in [3.63, 3.8) is 0 Å². The highest BCUT2D eigenvalue weighted by Gasteiger charge is 2.46. The molecule has 1 aliphatic carbocycles. The highest BCUT2D eigenvalue weighted by atomic mass is 16.2. The molecule has 0 spiro atoms. The Morgan fingerprint density at radius 3 is 2.32 bits per heavy atom. The first-order chi connectivity index (χ1) is 17.7. The van der Waals surface area contributed by atoms with Gasteiger partial charge in [0.2, 0.25) is 11.8 Å². The third kappa shape index (κ3) is 6.41. The van der Waals surface area contributed by atoms with Gasteiger partial charge in [-0.25, -0.2) is 4.79 Å². The van der Waals surface area contributed by atoms with Crippen LogP contribution in [0, 0.1) is 33.6 Å². The van der Waals surface area contributed by atoms with Crippen LogP contribution in [0.15, 0.2) is 36.4 Å². The van der Waals surface area contributed by atoms with Crippen molar-refractivity contribution in [3.05, 3.63) is 69.8 Å². The summed E-state index contributed by atoms with van der Waals surface area (Å²) in [5, 5.41) is 2.97. The molecule has 4 rings (SSSR count). The number of nitrogens with zero attached hydrogens (tertiary/aromatic N) is 2. The number of urea groups is 1. The van der Waals surface area contributed by atoms with Gasteiger partial charge in [0.15, 0.2) is 0 Å². The molecule has 6 heteroatoms. The second kappa shape index (κ2) is 11.9. The van der Waals surface area contributed by atoms with Crippen LogP contribution in [0.25, 0.3) is 0 Å². The lowest BCUT2D eigenvalue weighted by Crippen LogP contribution is -2.62. The number of nitrogens with one attached hydrogen (secondary N) is 1. The Morgan fingerprint density at radius 1 is 0.946 bits per heavy atom. The monoisotopic (exact) mass is 503 g/mol. The summed E-state index contributed by atoms with van der Waals surface area (Å²) in [6.45, 7) is 9.74. The van der Waals surface area contributed by atoms with Crippen molar-refractivity contribution in [2.75, 3.05) is 13.1 Å². The predicted molar refractivity (Wildman–Crippen MR) is 146 cm³/mol. The molecule has 1 N–H and O–H groups in total.